The van der Waals surface area contributed by atoms with Gasteiger partial charge in [0, 0.05) is 32.7 Å². The molecule has 3 N–H and O–H groups in total. The summed E-state index contributed by atoms with van der Waals surface area (Å²) in [7, 11) is 0. The van der Waals surface area contributed by atoms with Gasteiger partial charge >= 0.3 is 0 Å². The van der Waals surface area contributed by atoms with E-state index in [0.29, 0.717) is 5.13 Å². The first-order valence-corrected chi connectivity index (χ1v) is 6.20. The summed E-state index contributed by atoms with van der Waals surface area (Å²) in [6, 6.07) is 0. The average Bonchev–Trinajstić information content (AvgIpc) is 2.47. The van der Waals surface area contributed by atoms with E-state index in [2.05, 4.69) is 31.1 Å². The van der Waals surface area contributed by atoms with Gasteiger partial charge in [0.2, 0.25) is 0 Å². The van der Waals surface area contributed by atoms with Gasteiger partial charge < -0.3 is 11.1 Å². The zero-order valence-electron chi connectivity index (χ0n) is 7.79. The van der Waals surface area contributed by atoms with E-state index in [1.165, 1.54) is 11.3 Å². The maximum absolute atomic E-state index is 5.63. The summed E-state index contributed by atoms with van der Waals surface area (Å²) in [5.41, 5.74) is 6.70. The number of nitrogens with zero attached hydrogens (tertiary/aromatic N) is 2. The second kappa shape index (κ2) is 4.57. The minimum Gasteiger partial charge on any atom is -0.375 e. The molecule has 0 saturated carbocycles. The number of nitrogens with two attached hydrogens (primary N) is 1. The van der Waals surface area contributed by atoms with Crippen molar-refractivity contribution in [3.05, 3.63) is 9.48 Å². The number of hydrogen-bond acceptors (Lipinski definition) is 5. The number of nitrogen functional groups attached to an aromatic ring is 1. The van der Waals surface area contributed by atoms with Crippen molar-refractivity contribution in [2.24, 2.45) is 0 Å². The molecule has 1 fully saturated rings. The van der Waals surface area contributed by atoms with Crippen molar-refractivity contribution < 1.29 is 0 Å². The number of aromatic nitrogens is 1. The molecule has 1 aromatic rings. The van der Waals surface area contributed by atoms with Crippen LogP contribution in [-0.4, -0.2) is 36.1 Å². The van der Waals surface area contributed by atoms with Crippen LogP contribution in [0.25, 0.3) is 0 Å². The summed E-state index contributed by atoms with van der Waals surface area (Å²) in [4.78, 5) is 6.68. The van der Waals surface area contributed by atoms with Gasteiger partial charge in [-0.3, -0.25) is 4.90 Å². The number of anilines is 1. The van der Waals surface area contributed by atoms with Gasteiger partial charge in [-0.25, -0.2) is 4.98 Å². The predicted molar refractivity (Wildman–Crippen MR) is 62.4 cm³/mol. The molecule has 1 aliphatic rings. The number of rotatable bonds is 2. The van der Waals surface area contributed by atoms with Gasteiger partial charge in [0.05, 0.1) is 9.48 Å². The Morgan fingerprint density at radius 2 is 2.21 bits per heavy atom. The lowest BCUT2D eigenvalue weighted by molar-refractivity contribution is 0.231. The molecule has 0 unspecified atom stereocenters. The Hall–Kier alpha value is -0.170. The predicted octanol–water partition coefficient (Wildman–Crippen LogP) is 0.893. The lowest BCUT2D eigenvalue weighted by Crippen LogP contribution is -2.43. The van der Waals surface area contributed by atoms with Crippen molar-refractivity contribution in [1.82, 2.24) is 15.2 Å². The molecule has 0 aliphatic carbocycles. The second-order valence-corrected chi connectivity index (χ2v) is 5.65. The first-order valence-electron chi connectivity index (χ1n) is 4.59. The average molecular weight is 277 g/mol. The molecule has 4 nitrogen and oxygen atoms in total. The molecule has 0 atom stereocenters. The lowest BCUT2D eigenvalue weighted by Gasteiger charge is -2.26. The topological polar surface area (TPSA) is 54.2 Å². The quantitative estimate of drug-likeness (QED) is 0.843. The van der Waals surface area contributed by atoms with Crippen LogP contribution in [0.1, 0.15) is 5.69 Å². The molecule has 78 valence electrons. The van der Waals surface area contributed by atoms with Crippen molar-refractivity contribution in [3.8, 4) is 0 Å². The van der Waals surface area contributed by atoms with Crippen molar-refractivity contribution >= 4 is 32.4 Å². The van der Waals surface area contributed by atoms with Gasteiger partial charge in [0.1, 0.15) is 0 Å². The standard InChI is InChI=1S/C8H13BrN4S/c9-7-6(12-8(10)14-7)5-13-3-1-11-2-4-13/h11H,1-5H2,(H2,10,12). The Bertz CT molecular complexity index is 308. The van der Waals surface area contributed by atoms with E-state index in [0.717, 1.165) is 42.2 Å². The largest absolute Gasteiger partial charge is 0.375 e. The van der Waals surface area contributed by atoms with Crippen LogP contribution in [0.4, 0.5) is 5.13 Å². The molecular weight excluding hydrogens is 264 g/mol. The molecule has 0 bridgehead atoms. The lowest BCUT2D eigenvalue weighted by atomic mass is 10.3. The van der Waals surface area contributed by atoms with Gasteiger partial charge in [-0.1, -0.05) is 11.3 Å². The van der Waals surface area contributed by atoms with Gasteiger partial charge in [0.15, 0.2) is 5.13 Å². The van der Waals surface area contributed by atoms with Crippen LogP contribution < -0.4 is 11.1 Å². The molecule has 0 amide bonds. The van der Waals surface area contributed by atoms with E-state index >= 15 is 0 Å². The fraction of sp³-hybridized carbons (Fsp3) is 0.625. The number of halogens is 1. The highest BCUT2D eigenvalue weighted by atomic mass is 79.9. The van der Waals surface area contributed by atoms with Crippen LogP contribution in [-0.2, 0) is 6.54 Å². The maximum Gasteiger partial charge on any atom is 0.181 e. The van der Waals surface area contributed by atoms with Crippen LogP contribution in [0, 0.1) is 0 Å². The first-order chi connectivity index (χ1) is 6.75. The normalized spacial score (nSPS) is 18.6. The van der Waals surface area contributed by atoms with E-state index in [4.69, 9.17) is 5.73 Å². The van der Waals surface area contributed by atoms with Crippen LogP contribution in [0.3, 0.4) is 0 Å². The highest BCUT2D eigenvalue weighted by molar-refractivity contribution is 9.11. The highest BCUT2D eigenvalue weighted by Crippen LogP contribution is 2.27. The number of nitrogens with one attached hydrogen (secondary N) is 1. The minimum absolute atomic E-state index is 0.641. The Labute approximate surface area is 95.6 Å². The van der Waals surface area contributed by atoms with Crippen LogP contribution in [0.5, 0.6) is 0 Å². The van der Waals surface area contributed by atoms with Crippen LogP contribution in [0.2, 0.25) is 0 Å². The van der Waals surface area contributed by atoms with Gasteiger partial charge in [0.25, 0.3) is 0 Å². The molecule has 1 aromatic heterocycles. The summed E-state index contributed by atoms with van der Waals surface area (Å²) in [6.45, 7) is 5.21. The Morgan fingerprint density at radius 3 is 2.79 bits per heavy atom. The third-order valence-corrected chi connectivity index (χ3v) is 3.91. The van der Waals surface area contributed by atoms with Crippen LogP contribution >= 0.6 is 27.3 Å². The van der Waals surface area contributed by atoms with Gasteiger partial charge in [-0.05, 0) is 15.9 Å². The minimum atomic E-state index is 0.641. The summed E-state index contributed by atoms with van der Waals surface area (Å²) in [5.74, 6) is 0. The summed E-state index contributed by atoms with van der Waals surface area (Å²) < 4.78 is 1.06. The molecule has 14 heavy (non-hydrogen) atoms. The zero-order chi connectivity index (χ0) is 9.97. The summed E-state index contributed by atoms with van der Waals surface area (Å²) >= 11 is 4.98. The maximum atomic E-state index is 5.63. The molecule has 1 aliphatic heterocycles. The first kappa shape index (κ1) is 10.4. The Kier molecular flexibility index (Phi) is 3.38. The fourth-order valence-corrected chi connectivity index (χ4v) is 2.81. The molecule has 2 rings (SSSR count). The Morgan fingerprint density at radius 1 is 1.50 bits per heavy atom. The molecule has 0 aromatic carbocycles. The SMILES string of the molecule is Nc1nc(CN2CCNCC2)c(Br)s1. The molecule has 0 spiro atoms. The van der Waals surface area contributed by atoms with Gasteiger partial charge in [-0.15, -0.1) is 0 Å². The number of thiazole rings is 1. The molecule has 6 heteroatoms. The van der Waals surface area contributed by atoms with E-state index < -0.39 is 0 Å². The van der Waals surface area contributed by atoms with Crippen molar-refractivity contribution in [2.75, 3.05) is 31.9 Å². The monoisotopic (exact) mass is 276 g/mol. The van der Waals surface area contributed by atoms with E-state index in [1.807, 2.05) is 0 Å². The molecular formula is C8H13BrN4S. The second-order valence-electron chi connectivity index (χ2n) is 3.30. The summed E-state index contributed by atoms with van der Waals surface area (Å²) in [5, 5.41) is 3.97. The van der Waals surface area contributed by atoms with Crippen molar-refractivity contribution in [1.29, 1.82) is 0 Å². The van der Waals surface area contributed by atoms with Crippen molar-refractivity contribution in [3.63, 3.8) is 0 Å². The van der Waals surface area contributed by atoms with E-state index in [-0.39, 0.29) is 0 Å². The molecule has 1 saturated heterocycles. The van der Waals surface area contributed by atoms with E-state index in [9.17, 15) is 0 Å². The number of piperazine rings is 1. The van der Waals surface area contributed by atoms with E-state index in [1.54, 1.807) is 0 Å². The number of hydrogen-bond donors (Lipinski definition) is 2. The third-order valence-electron chi connectivity index (χ3n) is 2.25. The third kappa shape index (κ3) is 2.44. The summed E-state index contributed by atoms with van der Waals surface area (Å²) in [6.07, 6.45) is 0. The smallest absolute Gasteiger partial charge is 0.181 e. The molecule has 0 radical (unpaired) electrons. The Balaban J connectivity index is 1.98. The molecule has 2 heterocycles. The van der Waals surface area contributed by atoms with Crippen molar-refractivity contribution in [2.45, 2.75) is 6.54 Å². The van der Waals surface area contributed by atoms with Gasteiger partial charge in [-0.2, -0.15) is 0 Å². The highest BCUT2D eigenvalue weighted by Gasteiger charge is 2.14. The fourth-order valence-electron chi connectivity index (χ4n) is 1.53. The van der Waals surface area contributed by atoms with Crippen LogP contribution in [0.15, 0.2) is 3.79 Å². The zero-order valence-corrected chi connectivity index (χ0v) is 10.2.